The van der Waals surface area contributed by atoms with E-state index in [2.05, 4.69) is 21.7 Å². The van der Waals surface area contributed by atoms with Gasteiger partial charge in [0.2, 0.25) is 0 Å². The minimum Gasteiger partial charge on any atom is -0.496 e. The van der Waals surface area contributed by atoms with Crippen molar-refractivity contribution in [2.24, 2.45) is 4.99 Å². The lowest BCUT2D eigenvalue weighted by Crippen LogP contribution is -2.38. The molecular formula is C13H21N3O. The SMILES string of the molecule is CCNC(=NC)NCCc1ccccc1OC. The highest BCUT2D eigenvalue weighted by Gasteiger charge is 2.01. The van der Waals surface area contributed by atoms with Crippen LogP contribution in [0, 0.1) is 0 Å². The first-order valence-corrected chi connectivity index (χ1v) is 5.88. The number of methoxy groups -OCH3 is 1. The molecule has 0 aliphatic heterocycles. The van der Waals surface area contributed by atoms with Crippen LogP contribution in [0.2, 0.25) is 0 Å². The number of rotatable bonds is 5. The fraction of sp³-hybridized carbons (Fsp3) is 0.462. The average Bonchev–Trinajstić information content (AvgIpc) is 2.38. The zero-order valence-electron chi connectivity index (χ0n) is 10.8. The molecule has 0 fully saturated rings. The third-order valence-electron chi connectivity index (χ3n) is 2.45. The van der Waals surface area contributed by atoms with Gasteiger partial charge >= 0.3 is 0 Å². The van der Waals surface area contributed by atoms with Gasteiger partial charge < -0.3 is 15.4 Å². The zero-order valence-corrected chi connectivity index (χ0v) is 10.8. The Morgan fingerprint density at radius 2 is 2.06 bits per heavy atom. The first-order chi connectivity index (χ1) is 8.31. The molecule has 0 amide bonds. The Balaban J connectivity index is 2.45. The van der Waals surface area contributed by atoms with Crippen molar-refractivity contribution in [1.29, 1.82) is 0 Å². The first-order valence-electron chi connectivity index (χ1n) is 5.88. The van der Waals surface area contributed by atoms with Crippen molar-refractivity contribution in [2.75, 3.05) is 27.2 Å². The van der Waals surface area contributed by atoms with E-state index >= 15 is 0 Å². The molecule has 2 N–H and O–H groups in total. The fourth-order valence-corrected chi connectivity index (χ4v) is 1.61. The maximum atomic E-state index is 5.30. The summed E-state index contributed by atoms with van der Waals surface area (Å²) in [4.78, 5) is 4.11. The van der Waals surface area contributed by atoms with Crippen molar-refractivity contribution in [3.63, 3.8) is 0 Å². The van der Waals surface area contributed by atoms with Gasteiger partial charge in [0.05, 0.1) is 7.11 Å². The lowest BCUT2D eigenvalue weighted by Gasteiger charge is -2.11. The van der Waals surface area contributed by atoms with Crippen LogP contribution in [-0.4, -0.2) is 33.2 Å². The van der Waals surface area contributed by atoms with E-state index in [9.17, 15) is 0 Å². The molecular weight excluding hydrogens is 214 g/mol. The van der Waals surface area contributed by atoms with Gasteiger partial charge in [0.1, 0.15) is 5.75 Å². The Bertz CT molecular complexity index is 363. The van der Waals surface area contributed by atoms with Crippen molar-refractivity contribution in [3.8, 4) is 5.75 Å². The Hall–Kier alpha value is -1.71. The normalized spacial score (nSPS) is 11.1. The molecule has 1 aromatic carbocycles. The Kier molecular flexibility index (Phi) is 5.93. The minimum absolute atomic E-state index is 0.833. The third-order valence-corrected chi connectivity index (χ3v) is 2.45. The standard InChI is InChI=1S/C13H21N3O/c1-4-15-13(14-2)16-10-9-11-7-5-6-8-12(11)17-3/h5-8H,4,9-10H2,1-3H3,(H2,14,15,16). The summed E-state index contributed by atoms with van der Waals surface area (Å²) in [5, 5.41) is 6.41. The van der Waals surface area contributed by atoms with Crippen LogP contribution in [0.25, 0.3) is 0 Å². The Morgan fingerprint density at radius 1 is 1.29 bits per heavy atom. The van der Waals surface area contributed by atoms with Crippen molar-refractivity contribution in [1.82, 2.24) is 10.6 Å². The van der Waals surface area contributed by atoms with Gasteiger partial charge in [-0.1, -0.05) is 18.2 Å². The van der Waals surface area contributed by atoms with E-state index in [4.69, 9.17) is 4.74 Å². The van der Waals surface area contributed by atoms with Crippen molar-refractivity contribution >= 4 is 5.96 Å². The van der Waals surface area contributed by atoms with Crippen molar-refractivity contribution in [3.05, 3.63) is 29.8 Å². The summed E-state index contributed by atoms with van der Waals surface area (Å²) in [5.74, 6) is 1.77. The molecule has 94 valence electrons. The lowest BCUT2D eigenvalue weighted by molar-refractivity contribution is 0.409. The van der Waals surface area contributed by atoms with Gasteiger partial charge in [-0.05, 0) is 25.0 Å². The number of guanidine groups is 1. The van der Waals surface area contributed by atoms with E-state index in [1.54, 1.807) is 14.2 Å². The second kappa shape index (κ2) is 7.54. The Morgan fingerprint density at radius 3 is 2.71 bits per heavy atom. The summed E-state index contributed by atoms with van der Waals surface area (Å²) < 4.78 is 5.30. The topological polar surface area (TPSA) is 45.7 Å². The van der Waals surface area contributed by atoms with E-state index < -0.39 is 0 Å². The van der Waals surface area contributed by atoms with Crippen LogP contribution in [0.4, 0.5) is 0 Å². The molecule has 0 aliphatic rings. The second-order valence-electron chi connectivity index (χ2n) is 3.59. The molecule has 1 rings (SSSR count). The molecule has 4 nitrogen and oxygen atoms in total. The summed E-state index contributed by atoms with van der Waals surface area (Å²) >= 11 is 0. The van der Waals surface area contributed by atoms with Gasteiger partial charge in [-0.25, -0.2) is 0 Å². The van der Waals surface area contributed by atoms with Gasteiger partial charge in [0.15, 0.2) is 5.96 Å². The maximum Gasteiger partial charge on any atom is 0.190 e. The van der Waals surface area contributed by atoms with Crippen LogP contribution >= 0.6 is 0 Å². The maximum absolute atomic E-state index is 5.30. The second-order valence-corrected chi connectivity index (χ2v) is 3.59. The molecule has 0 heterocycles. The monoisotopic (exact) mass is 235 g/mol. The largest absolute Gasteiger partial charge is 0.496 e. The lowest BCUT2D eigenvalue weighted by atomic mass is 10.1. The quantitative estimate of drug-likeness (QED) is 0.599. The predicted molar refractivity (Wildman–Crippen MR) is 71.7 cm³/mol. The van der Waals surface area contributed by atoms with E-state index in [1.807, 2.05) is 25.1 Å². The van der Waals surface area contributed by atoms with E-state index in [-0.39, 0.29) is 0 Å². The summed E-state index contributed by atoms with van der Waals surface area (Å²) in [7, 11) is 3.47. The fourth-order valence-electron chi connectivity index (χ4n) is 1.61. The third kappa shape index (κ3) is 4.34. The van der Waals surface area contributed by atoms with Gasteiger partial charge in [-0.2, -0.15) is 0 Å². The number of hydrogen-bond acceptors (Lipinski definition) is 2. The average molecular weight is 235 g/mol. The molecule has 0 unspecified atom stereocenters. The van der Waals surface area contributed by atoms with Crippen LogP contribution in [0.1, 0.15) is 12.5 Å². The van der Waals surface area contributed by atoms with Crippen molar-refractivity contribution in [2.45, 2.75) is 13.3 Å². The summed E-state index contributed by atoms with van der Waals surface area (Å²) in [6.07, 6.45) is 0.911. The van der Waals surface area contributed by atoms with Crippen LogP contribution in [0.3, 0.4) is 0 Å². The predicted octanol–water partition coefficient (Wildman–Crippen LogP) is 1.42. The molecule has 0 spiro atoms. The molecule has 0 radical (unpaired) electrons. The van der Waals surface area contributed by atoms with Crippen LogP contribution in [0.5, 0.6) is 5.75 Å². The summed E-state index contributed by atoms with van der Waals surface area (Å²) in [6.45, 7) is 3.75. The molecule has 0 aromatic heterocycles. The number of hydrogen-bond donors (Lipinski definition) is 2. The minimum atomic E-state index is 0.833. The highest BCUT2D eigenvalue weighted by molar-refractivity contribution is 5.79. The van der Waals surface area contributed by atoms with Gasteiger partial charge in [0, 0.05) is 20.1 Å². The van der Waals surface area contributed by atoms with E-state index in [1.165, 1.54) is 5.56 Å². The van der Waals surface area contributed by atoms with Crippen molar-refractivity contribution < 1.29 is 4.74 Å². The number of para-hydroxylation sites is 1. The van der Waals surface area contributed by atoms with Crippen LogP contribution < -0.4 is 15.4 Å². The molecule has 4 heteroatoms. The molecule has 1 aromatic rings. The molecule has 0 bridgehead atoms. The van der Waals surface area contributed by atoms with Gasteiger partial charge in [0.25, 0.3) is 0 Å². The van der Waals surface area contributed by atoms with Gasteiger partial charge in [-0.3, -0.25) is 4.99 Å². The van der Waals surface area contributed by atoms with Gasteiger partial charge in [-0.15, -0.1) is 0 Å². The molecule has 17 heavy (non-hydrogen) atoms. The van der Waals surface area contributed by atoms with Crippen LogP contribution in [0.15, 0.2) is 29.3 Å². The molecule has 0 saturated heterocycles. The zero-order chi connectivity index (χ0) is 12.5. The number of nitrogens with one attached hydrogen (secondary N) is 2. The Labute approximate surface area is 103 Å². The number of ether oxygens (including phenoxy) is 1. The first kappa shape index (κ1) is 13.4. The number of benzene rings is 1. The van der Waals surface area contributed by atoms with E-state index in [0.717, 1.165) is 31.2 Å². The molecule has 0 aliphatic carbocycles. The highest BCUT2D eigenvalue weighted by atomic mass is 16.5. The van der Waals surface area contributed by atoms with Crippen LogP contribution in [-0.2, 0) is 6.42 Å². The summed E-state index contributed by atoms with van der Waals surface area (Å²) in [6, 6.07) is 8.06. The highest BCUT2D eigenvalue weighted by Crippen LogP contribution is 2.16. The van der Waals surface area contributed by atoms with E-state index in [0.29, 0.717) is 0 Å². The smallest absolute Gasteiger partial charge is 0.190 e. The molecule has 0 atom stereocenters. The summed E-state index contributed by atoms with van der Waals surface area (Å²) in [5.41, 5.74) is 1.20. The number of aliphatic imine (C=N–C) groups is 1. The molecule has 0 saturated carbocycles. The number of nitrogens with zero attached hydrogens (tertiary/aromatic N) is 1.